The number of nitrogens with zero attached hydrogens (tertiary/aromatic N) is 2. The van der Waals surface area contributed by atoms with Crippen molar-refractivity contribution in [3.63, 3.8) is 0 Å². The average Bonchev–Trinajstić information content (AvgIpc) is 3.24. The first-order valence-electron chi connectivity index (χ1n) is 8.85. The maximum absolute atomic E-state index is 12.9. The van der Waals surface area contributed by atoms with Gasteiger partial charge in [0.05, 0.1) is 29.7 Å². The molecule has 1 aromatic carbocycles. The van der Waals surface area contributed by atoms with E-state index in [-0.39, 0.29) is 24.0 Å². The van der Waals surface area contributed by atoms with Gasteiger partial charge in [-0.1, -0.05) is 18.2 Å². The zero-order chi connectivity index (χ0) is 17.4. The molecule has 0 spiro atoms. The van der Waals surface area contributed by atoms with Gasteiger partial charge in [-0.2, -0.15) is 0 Å². The van der Waals surface area contributed by atoms with Crippen LogP contribution in [0.3, 0.4) is 0 Å². The van der Waals surface area contributed by atoms with Gasteiger partial charge in [0.15, 0.2) is 0 Å². The number of carbonyl (C=O) groups is 2. The highest BCUT2D eigenvalue weighted by atomic mass is 16.5. The normalized spacial score (nSPS) is 32.8. The van der Waals surface area contributed by atoms with Gasteiger partial charge < -0.3 is 9.84 Å². The van der Waals surface area contributed by atoms with Gasteiger partial charge in [-0.15, -0.1) is 0 Å². The smallest absolute Gasteiger partial charge is 0.309 e. The van der Waals surface area contributed by atoms with E-state index in [0.29, 0.717) is 19.6 Å². The van der Waals surface area contributed by atoms with Gasteiger partial charge in [0.25, 0.3) is 0 Å². The summed E-state index contributed by atoms with van der Waals surface area (Å²) in [5.41, 5.74) is 3.90. The van der Waals surface area contributed by atoms with Crippen LogP contribution in [0, 0.1) is 11.8 Å². The lowest BCUT2D eigenvalue weighted by Gasteiger charge is -2.38. The number of hydrogen-bond donors (Lipinski definition) is 2. The molecule has 4 unspecified atom stereocenters. The largest absolute Gasteiger partial charge is 0.481 e. The molecule has 1 aromatic rings. The van der Waals surface area contributed by atoms with Crippen LogP contribution in [0.2, 0.25) is 0 Å². The van der Waals surface area contributed by atoms with Crippen LogP contribution >= 0.6 is 0 Å². The van der Waals surface area contributed by atoms with Crippen molar-refractivity contribution in [2.24, 2.45) is 11.8 Å². The van der Waals surface area contributed by atoms with Crippen LogP contribution in [-0.2, 0) is 14.3 Å². The van der Waals surface area contributed by atoms with E-state index in [9.17, 15) is 14.7 Å². The summed E-state index contributed by atoms with van der Waals surface area (Å²) in [4.78, 5) is 26.8. The minimum absolute atomic E-state index is 0.0560. The van der Waals surface area contributed by atoms with Gasteiger partial charge in [-0.05, 0) is 25.0 Å². The average molecular weight is 345 g/mol. The number of carboxylic acids is 1. The van der Waals surface area contributed by atoms with Gasteiger partial charge >= 0.3 is 5.97 Å². The van der Waals surface area contributed by atoms with E-state index in [0.717, 1.165) is 25.1 Å². The molecule has 3 fully saturated rings. The lowest BCUT2D eigenvalue weighted by Crippen LogP contribution is -2.56. The molecule has 4 atom stereocenters. The summed E-state index contributed by atoms with van der Waals surface area (Å²) in [5, 5.41) is 11.2. The van der Waals surface area contributed by atoms with Crippen molar-refractivity contribution in [3.05, 3.63) is 30.3 Å². The Kier molecular flexibility index (Phi) is 4.45. The number of piperidine rings is 1. The van der Waals surface area contributed by atoms with E-state index in [1.165, 1.54) is 5.01 Å². The topological polar surface area (TPSA) is 82.1 Å². The van der Waals surface area contributed by atoms with Gasteiger partial charge in [-0.3, -0.25) is 14.5 Å². The summed E-state index contributed by atoms with van der Waals surface area (Å²) in [6.45, 7) is 2.49. The second kappa shape index (κ2) is 6.74. The number of aliphatic carboxylic acids is 1. The van der Waals surface area contributed by atoms with Gasteiger partial charge in [-0.25, -0.2) is 10.4 Å². The second-order valence-electron chi connectivity index (χ2n) is 7.07. The van der Waals surface area contributed by atoms with Gasteiger partial charge in [0.2, 0.25) is 5.91 Å². The highest BCUT2D eigenvalue weighted by Gasteiger charge is 2.51. The number of rotatable bonds is 4. The van der Waals surface area contributed by atoms with Crippen molar-refractivity contribution in [1.82, 2.24) is 10.3 Å². The number of likely N-dealkylation sites (tertiary alicyclic amines) is 1. The van der Waals surface area contributed by atoms with E-state index < -0.39 is 11.9 Å². The summed E-state index contributed by atoms with van der Waals surface area (Å²) < 4.78 is 5.68. The highest BCUT2D eigenvalue weighted by Crippen LogP contribution is 2.32. The Bertz CT molecular complexity index is 647. The Hall–Kier alpha value is -1.96. The number of amides is 1. The number of anilines is 1. The van der Waals surface area contributed by atoms with Gasteiger partial charge in [0, 0.05) is 26.2 Å². The number of carboxylic acid groups (broad SMARTS) is 1. The number of hydrogen-bond acceptors (Lipinski definition) is 5. The maximum Gasteiger partial charge on any atom is 0.309 e. The van der Waals surface area contributed by atoms with Crippen LogP contribution in [0.4, 0.5) is 5.69 Å². The first kappa shape index (κ1) is 16.5. The third-order valence-electron chi connectivity index (χ3n) is 5.41. The Balaban J connectivity index is 1.54. The van der Waals surface area contributed by atoms with Crippen molar-refractivity contribution in [3.8, 4) is 0 Å². The molecule has 7 nitrogen and oxygen atoms in total. The summed E-state index contributed by atoms with van der Waals surface area (Å²) in [5.74, 6) is -1.88. The summed E-state index contributed by atoms with van der Waals surface area (Å²) in [6, 6.07) is 8.95. The number of nitrogens with one attached hydrogen (secondary N) is 1. The third-order valence-corrected chi connectivity index (χ3v) is 5.41. The first-order valence-corrected chi connectivity index (χ1v) is 8.85. The Morgan fingerprint density at radius 1 is 1.28 bits per heavy atom. The van der Waals surface area contributed by atoms with Crippen molar-refractivity contribution in [2.75, 3.05) is 31.3 Å². The standard InChI is InChI=1S/C18H23N3O4/c22-17-14-10-20(9-13-7-4-8-25-13)11-15(18(23)24)16(14)19-21(17)12-5-2-1-3-6-12/h1-3,5-6,13-16,19H,4,7-11H2,(H,23,24). The molecule has 0 bridgehead atoms. The number of fused-ring (bicyclic) bond motifs is 1. The molecule has 1 amide bonds. The highest BCUT2D eigenvalue weighted by molar-refractivity contribution is 5.97. The number of para-hydroxylation sites is 1. The number of ether oxygens (including phenoxy) is 1. The molecule has 3 heterocycles. The van der Waals surface area contributed by atoms with E-state index in [1.54, 1.807) is 0 Å². The quantitative estimate of drug-likeness (QED) is 0.837. The Morgan fingerprint density at radius 2 is 2.08 bits per heavy atom. The van der Waals surface area contributed by atoms with Crippen molar-refractivity contribution >= 4 is 17.6 Å². The molecule has 7 heteroatoms. The molecule has 25 heavy (non-hydrogen) atoms. The number of hydrazine groups is 1. The summed E-state index contributed by atoms with van der Waals surface area (Å²) in [7, 11) is 0. The second-order valence-corrected chi connectivity index (χ2v) is 7.07. The minimum atomic E-state index is -0.859. The molecule has 4 rings (SSSR count). The SMILES string of the molecule is O=C(O)C1CN(CC2CCCO2)CC2C(=O)N(c3ccccc3)NC12. The fraction of sp³-hybridized carbons (Fsp3) is 0.556. The molecule has 0 radical (unpaired) electrons. The molecule has 0 aliphatic carbocycles. The third kappa shape index (κ3) is 3.15. The van der Waals surface area contributed by atoms with Crippen LogP contribution in [0.5, 0.6) is 0 Å². The van der Waals surface area contributed by atoms with Crippen LogP contribution in [0.1, 0.15) is 12.8 Å². The lowest BCUT2D eigenvalue weighted by molar-refractivity contribution is -0.146. The Morgan fingerprint density at radius 3 is 2.76 bits per heavy atom. The fourth-order valence-corrected chi connectivity index (χ4v) is 4.16. The van der Waals surface area contributed by atoms with Crippen LogP contribution in [0.25, 0.3) is 0 Å². The minimum Gasteiger partial charge on any atom is -0.481 e. The van der Waals surface area contributed by atoms with Crippen molar-refractivity contribution < 1.29 is 19.4 Å². The van der Waals surface area contributed by atoms with E-state index >= 15 is 0 Å². The first-order chi connectivity index (χ1) is 12.1. The van der Waals surface area contributed by atoms with E-state index in [4.69, 9.17) is 4.74 Å². The Labute approximate surface area is 146 Å². The molecule has 3 aliphatic heterocycles. The fourth-order valence-electron chi connectivity index (χ4n) is 4.16. The zero-order valence-electron chi connectivity index (χ0n) is 14.0. The molecule has 134 valence electrons. The van der Waals surface area contributed by atoms with Crippen molar-refractivity contribution in [1.29, 1.82) is 0 Å². The maximum atomic E-state index is 12.9. The van der Waals surface area contributed by atoms with Crippen molar-refractivity contribution in [2.45, 2.75) is 25.0 Å². The lowest BCUT2D eigenvalue weighted by atomic mass is 9.84. The molecular weight excluding hydrogens is 322 g/mol. The van der Waals surface area contributed by atoms with E-state index in [2.05, 4.69) is 10.3 Å². The molecular formula is C18H23N3O4. The number of benzene rings is 1. The molecule has 3 aliphatic rings. The molecule has 0 aromatic heterocycles. The van der Waals surface area contributed by atoms with E-state index in [1.807, 2.05) is 30.3 Å². The summed E-state index contributed by atoms with van der Waals surface area (Å²) >= 11 is 0. The summed E-state index contributed by atoms with van der Waals surface area (Å²) in [6.07, 6.45) is 2.21. The zero-order valence-corrected chi connectivity index (χ0v) is 14.0. The van der Waals surface area contributed by atoms with Crippen LogP contribution in [-0.4, -0.2) is 60.3 Å². The van der Waals surface area contributed by atoms with Crippen LogP contribution < -0.4 is 10.4 Å². The monoisotopic (exact) mass is 345 g/mol. The number of carbonyl (C=O) groups excluding carboxylic acids is 1. The molecule has 0 saturated carbocycles. The predicted molar refractivity (Wildman–Crippen MR) is 90.9 cm³/mol. The molecule has 2 N–H and O–H groups in total. The van der Waals surface area contributed by atoms with Gasteiger partial charge in [0.1, 0.15) is 0 Å². The predicted octanol–water partition coefficient (Wildman–Crippen LogP) is 0.718. The molecule has 3 saturated heterocycles. The van der Waals surface area contributed by atoms with Crippen LogP contribution in [0.15, 0.2) is 30.3 Å².